The number of ketones is 1. The molecule has 0 aliphatic heterocycles. The van der Waals surface area contributed by atoms with E-state index in [1.807, 2.05) is 13.0 Å². The van der Waals surface area contributed by atoms with Gasteiger partial charge in [0, 0.05) is 17.7 Å². The molecule has 1 aromatic heterocycles. The fourth-order valence-electron chi connectivity index (χ4n) is 3.09. The highest BCUT2D eigenvalue weighted by atomic mass is 32.1. The molecule has 0 atom stereocenters. The van der Waals surface area contributed by atoms with Crippen molar-refractivity contribution >= 4 is 23.0 Å². The molecule has 7 heteroatoms. The first kappa shape index (κ1) is 18.7. The number of thiophene rings is 1. The quantitative estimate of drug-likeness (QED) is 0.599. The molecule has 1 aliphatic rings. The minimum absolute atomic E-state index is 0.0252. The Bertz CT molecular complexity index is 846. The first-order chi connectivity index (χ1) is 12.5. The summed E-state index contributed by atoms with van der Waals surface area (Å²) < 4.78 is 14.3. The minimum atomic E-state index is -0.465. The zero-order valence-electron chi connectivity index (χ0n) is 14.4. The lowest BCUT2D eigenvalue weighted by atomic mass is 9.92. The van der Waals surface area contributed by atoms with E-state index in [1.54, 1.807) is 6.07 Å². The van der Waals surface area contributed by atoms with Gasteiger partial charge < -0.3 is 5.11 Å². The van der Waals surface area contributed by atoms with Crippen LogP contribution in [0.4, 0.5) is 4.39 Å². The van der Waals surface area contributed by atoms with Crippen LogP contribution >= 0.6 is 11.3 Å². The minimum Gasteiger partial charge on any atom is -0.394 e. The monoisotopic (exact) mass is 377 g/mol. The van der Waals surface area contributed by atoms with Crippen LogP contribution in [0.1, 0.15) is 54.4 Å². The first-order valence-electron chi connectivity index (χ1n) is 8.47. The molecular formula is C19H20FNO4S. The molecule has 1 heterocycles. The molecule has 0 unspecified atom stereocenters. The molecule has 3 rings (SSSR count). The molecule has 5 nitrogen and oxygen atoms in total. The zero-order valence-corrected chi connectivity index (χ0v) is 15.2. The Labute approximate surface area is 154 Å². The largest absolute Gasteiger partial charge is 0.394 e. The van der Waals surface area contributed by atoms with Gasteiger partial charge in [-0.05, 0) is 42.5 Å². The van der Waals surface area contributed by atoms with Crippen molar-refractivity contribution in [3.8, 4) is 0 Å². The second-order valence-corrected chi connectivity index (χ2v) is 7.36. The van der Waals surface area contributed by atoms with E-state index in [-0.39, 0.29) is 31.2 Å². The van der Waals surface area contributed by atoms with E-state index in [9.17, 15) is 14.0 Å². The Morgan fingerprint density at radius 2 is 2.19 bits per heavy atom. The van der Waals surface area contributed by atoms with Crippen molar-refractivity contribution in [3.63, 3.8) is 0 Å². The van der Waals surface area contributed by atoms with Crippen molar-refractivity contribution in [2.45, 2.75) is 32.6 Å². The normalized spacial score (nSPS) is 13.6. The van der Waals surface area contributed by atoms with E-state index < -0.39 is 5.91 Å². The standard InChI is InChI=1S/C19H20FNO4S/c1-11-5-6-12(14(20)9-11)10-16-17(19(24)21-25-8-7-22)13-3-2-4-15(23)18(13)26-16/h5-6,9,22H,2-4,7-8,10H2,1H3,(H,21,24). The van der Waals surface area contributed by atoms with Crippen LogP contribution in [-0.2, 0) is 17.7 Å². The Kier molecular flexibility index (Phi) is 5.80. The number of Topliss-reactive ketones (excluding diaryl/α,β-unsaturated/α-hetero) is 1. The van der Waals surface area contributed by atoms with Gasteiger partial charge in [-0.1, -0.05) is 12.1 Å². The van der Waals surface area contributed by atoms with E-state index in [0.717, 1.165) is 11.1 Å². The zero-order chi connectivity index (χ0) is 18.7. The Morgan fingerprint density at radius 3 is 2.92 bits per heavy atom. The molecule has 1 aromatic carbocycles. The summed E-state index contributed by atoms with van der Waals surface area (Å²) in [6.45, 7) is 1.56. The SMILES string of the molecule is Cc1ccc(Cc2sc3c(c2C(=O)NOCCO)CCCC3=O)c(F)c1. The number of halogens is 1. The molecule has 1 aliphatic carbocycles. The molecule has 0 saturated heterocycles. The van der Waals surface area contributed by atoms with E-state index >= 15 is 0 Å². The number of carbonyl (C=O) groups is 2. The fraction of sp³-hybridized carbons (Fsp3) is 0.368. The van der Waals surface area contributed by atoms with Gasteiger partial charge in [0.15, 0.2) is 5.78 Å². The van der Waals surface area contributed by atoms with Gasteiger partial charge in [-0.2, -0.15) is 0 Å². The average Bonchev–Trinajstić information content (AvgIpc) is 2.97. The first-order valence-corrected chi connectivity index (χ1v) is 9.28. The second-order valence-electron chi connectivity index (χ2n) is 6.26. The smallest absolute Gasteiger partial charge is 0.276 e. The molecule has 1 amide bonds. The number of nitrogens with one attached hydrogen (secondary N) is 1. The van der Waals surface area contributed by atoms with Gasteiger partial charge in [0.1, 0.15) is 5.82 Å². The Balaban J connectivity index is 1.97. The van der Waals surface area contributed by atoms with Gasteiger partial charge >= 0.3 is 0 Å². The summed E-state index contributed by atoms with van der Waals surface area (Å²) in [5.74, 6) is -0.768. The number of hydrogen-bond acceptors (Lipinski definition) is 5. The third-order valence-electron chi connectivity index (χ3n) is 4.31. The second kappa shape index (κ2) is 8.07. The number of rotatable bonds is 6. The summed E-state index contributed by atoms with van der Waals surface area (Å²) in [7, 11) is 0. The number of amides is 1. The molecule has 0 fully saturated rings. The summed E-state index contributed by atoms with van der Waals surface area (Å²) in [5.41, 5.74) is 4.72. The number of aliphatic hydroxyl groups excluding tert-OH is 1. The highest BCUT2D eigenvalue weighted by Gasteiger charge is 2.29. The molecule has 0 spiro atoms. The van der Waals surface area contributed by atoms with Crippen molar-refractivity contribution in [1.29, 1.82) is 0 Å². The van der Waals surface area contributed by atoms with Crippen molar-refractivity contribution in [1.82, 2.24) is 5.48 Å². The summed E-state index contributed by atoms with van der Waals surface area (Å²) >= 11 is 1.26. The summed E-state index contributed by atoms with van der Waals surface area (Å²) in [6.07, 6.45) is 2.03. The van der Waals surface area contributed by atoms with E-state index in [2.05, 4.69) is 5.48 Å². The lowest BCUT2D eigenvalue weighted by Crippen LogP contribution is -2.27. The Hall–Kier alpha value is -2.09. The van der Waals surface area contributed by atoms with Crippen molar-refractivity contribution in [3.05, 3.63) is 56.0 Å². The number of aliphatic hydroxyl groups is 1. The van der Waals surface area contributed by atoms with E-state index in [1.165, 1.54) is 17.4 Å². The maximum absolute atomic E-state index is 14.3. The topological polar surface area (TPSA) is 75.6 Å². The molecular weight excluding hydrogens is 357 g/mol. The lowest BCUT2D eigenvalue weighted by molar-refractivity contribution is 0.0167. The van der Waals surface area contributed by atoms with Gasteiger partial charge in [0.25, 0.3) is 5.91 Å². The summed E-state index contributed by atoms with van der Waals surface area (Å²) in [4.78, 5) is 31.0. The molecule has 2 N–H and O–H groups in total. The van der Waals surface area contributed by atoms with Crippen LogP contribution < -0.4 is 5.48 Å². The maximum atomic E-state index is 14.3. The Morgan fingerprint density at radius 1 is 1.38 bits per heavy atom. The third kappa shape index (κ3) is 3.85. The molecule has 0 bridgehead atoms. The fourth-order valence-corrected chi connectivity index (χ4v) is 4.43. The molecule has 0 saturated carbocycles. The van der Waals surface area contributed by atoms with Crippen LogP contribution in [0.2, 0.25) is 0 Å². The number of fused-ring (bicyclic) bond motifs is 1. The van der Waals surface area contributed by atoms with Crippen molar-refractivity contribution < 1.29 is 23.9 Å². The van der Waals surface area contributed by atoms with Crippen molar-refractivity contribution in [2.75, 3.05) is 13.2 Å². The molecule has 2 aromatic rings. The van der Waals surface area contributed by atoms with Gasteiger partial charge in [-0.15, -0.1) is 11.3 Å². The van der Waals surface area contributed by atoms with Crippen LogP contribution in [0.5, 0.6) is 0 Å². The van der Waals surface area contributed by atoms with Gasteiger partial charge in [0.05, 0.1) is 23.7 Å². The van der Waals surface area contributed by atoms with Gasteiger partial charge in [0.2, 0.25) is 0 Å². The van der Waals surface area contributed by atoms with Crippen LogP contribution in [-0.4, -0.2) is 30.0 Å². The maximum Gasteiger partial charge on any atom is 0.276 e. The molecule has 138 valence electrons. The molecule has 0 radical (unpaired) electrons. The molecule has 26 heavy (non-hydrogen) atoms. The third-order valence-corrected chi connectivity index (χ3v) is 5.58. The highest BCUT2D eigenvalue weighted by Crippen LogP contribution is 2.36. The number of aryl methyl sites for hydroxylation is 1. The van der Waals surface area contributed by atoms with Crippen LogP contribution in [0.3, 0.4) is 0 Å². The predicted molar refractivity (Wildman–Crippen MR) is 96.0 cm³/mol. The highest BCUT2D eigenvalue weighted by molar-refractivity contribution is 7.14. The van der Waals surface area contributed by atoms with Crippen LogP contribution in [0, 0.1) is 12.7 Å². The van der Waals surface area contributed by atoms with E-state index in [4.69, 9.17) is 9.94 Å². The van der Waals surface area contributed by atoms with E-state index in [0.29, 0.717) is 40.1 Å². The van der Waals surface area contributed by atoms with Crippen molar-refractivity contribution in [2.24, 2.45) is 0 Å². The lowest BCUT2D eigenvalue weighted by Gasteiger charge is -2.12. The van der Waals surface area contributed by atoms with Gasteiger partial charge in [-0.3, -0.25) is 14.4 Å². The number of benzene rings is 1. The van der Waals surface area contributed by atoms with Gasteiger partial charge in [-0.25, -0.2) is 9.87 Å². The number of carbonyl (C=O) groups excluding carboxylic acids is 2. The summed E-state index contributed by atoms with van der Waals surface area (Å²) in [5, 5.41) is 8.78. The summed E-state index contributed by atoms with van der Waals surface area (Å²) in [6, 6.07) is 4.98. The van der Waals surface area contributed by atoms with Crippen LogP contribution in [0.15, 0.2) is 18.2 Å². The number of hydroxylamine groups is 1. The predicted octanol–water partition coefficient (Wildman–Crippen LogP) is 2.96. The average molecular weight is 377 g/mol. The number of hydrogen-bond donors (Lipinski definition) is 2. The van der Waals surface area contributed by atoms with Crippen LogP contribution in [0.25, 0.3) is 0 Å².